The van der Waals surface area contributed by atoms with Crippen molar-refractivity contribution in [2.75, 3.05) is 0 Å². The molecule has 2 aliphatic rings. The van der Waals surface area contributed by atoms with Crippen molar-refractivity contribution in [2.45, 2.75) is 68.3 Å². The van der Waals surface area contributed by atoms with Gasteiger partial charge in [0.05, 0.1) is 6.10 Å². The van der Waals surface area contributed by atoms with Gasteiger partial charge in [0.2, 0.25) is 0 Å². The van der Waals surface area contributed by atoms with Crippen LogP contribution in [0.2, 0.25) is 0 Å². The second-order valence-electron chi connectivity index (χ2n) is 5.55. The van der Waals surface area contributed by atoms with E-state index in [4.69, 9.17) is 19.3 Å². The molecule has 134 valence electrons. The number of hydrogen-bond donors (Lipinski definition) is 7. The molecule has 7 N–H and O–H groups in total. The SMILES string of the molecule is C[C@@H]1OC(O)[C@H](O[C@H]2O[C@H](C(=O)O)[C@H](O)[C@H](O)[C@H]2O)[C@H](O)[C@H]1O. The van der Waals surface area contributed by atoms with Crippen molar-refractivity contribution in [1.82, 2.24) is 0 Å². The molecule has 0 aromatic carbocycles. The predicted molar refractivity (Wildman–Crippen MR) is 67.8 cm³/mol. The van der Waals surface area contributed by atoms with Crippen LogP contribution in [0, 0.1) is 0 Å². The minimum atomic E-state index is -1.90. The van der Waals surface area contributed by atoms with Gasteiger partial charge in [-0.3, -0.25) is 0 Å². The van der Waals surface area contributed by atoms with Gasteiger partial charge in [0.25, 0.3) is 0 Å². The molecule has 2 rings (SSSR count). The lowest BCUT2D eigenvalue weighted by molar-refractivity contribution is -0.355. The van der Waals surface area contributed by atoms with Crippen LogP contribution in [0.1, 0.15) is 6.92 Å². The van der Waals surface area contributed by atoms with Crippen LogP contribution in [-0.4, -0.2) is 103 Å². The highest BCUT2D eigenvalue weighted by atomic mass is 16.7. The highest BCUT2D eigenvalue weighted by molar-refractivity contribution is 5.73. The first-order chi connectivity index (χ1) is 10.6. The van der Waals surface area contributed by atoms with Gasteiger partial charge in [-0.15, -0.1) is 0 Å². The number of aliphatic hydroxyl groups excluding tert-OH is 6. The zero-order chi connectivity index (χ0) is 17.5. The molecule has 23 heavy (non-hydrogen) atoms. The summed E-state index contributed by atoms with van der Waals surface area (Å²) in [6, 6.07) is 0. The minimum absolute atomic E-state index is 0.892. The normalized spacial score (nSPS) is 51.4. The maximum atomic E-state index is 11.0. The molecule has 2 aliphatic heterocycles. The first kappa shape index (κ1) is 18.4. The summed E-state index contributed by atoms with van der Waals surface area (Å²) in [5.74, 6) is -1.60. The minimum Gasteiger partial charge on any atom is -0.479 e. The quantitative estimate of drug-likeness (QED) is 0.263. The van der Waals surface area contributed by atoms with E-state index in [-0.39, 0.29) is 0 Å². The largest absolute Gasteiger partial charge is 0.479 e. The third kappa shape index (κ3) is 3.47. The van der Waals surface area contributed by atoms with E-state index in [9.17, 15) is 35.4 Å². The van der Waals surface area contributed by atoms with Crippen LogP contribution in [0.5, 0.6) is 0 Å². The summed E-state index contributed by atoms with van der Waals surface area (Å²) in [4.78, 5) is 11.0. The second kappa shape index (κ2) is 6.93. The molecule has 11 heteroatoms. The van der Waals surface area contributed by atoms with Gasteiger partial charge in [-0.1, -0.05) is 0 Å². The van der Waals surface area contributed by atoms with Crippen molar-refractivity contribution in [3.63, 3.8) is 0 Å². The standard InChI is InChI=1S/C12H20O11/c1-2-3(13)5(15)9(11(20)21-2)23-12-7(17)4(14)6(16)8(22-12)10(18)19/h2-9,11-17,20H,1H3,(H,18,19)/t2-,3-,4-,5+,6+,7+,8-,9+,11?,12+/m0/s1. The second-order valence-corrected chi connectivity index (χ2v) is 5.55. The Balaban J connectivity index is 2.12. The first-order valence-electron chi connectivity index (χ1n) is 6.92. The number of aliphatic carboxylic acids is 1. The third-order valence-electron chi connectivity index (χ3n) is 3.91. The fraction of sp³-hybridized carbons (Fsp3) is 0.917. The molecule has 11 nitrogen and oxygen atoms in total. The monoisotopic (exact) mass is 340 g/mol. The van der Waals surface area contributed by atoms with Crippen molar-refractivity contribution in [3.05, 3.63) is 0 Å². The van der Waals surface area contributed by atoms with Crippen molar-refractivity contribution < 1.29 is 54.8 Å². The molecule has 2 heterocycles. The van der Waals surface area contributed by atoms with Gasteiger partial charge in [-0.25, -0.2) is 4.79 Å². The predicted octanol–water partition coefficient (Wildman–Crippen LogP) is -4.28. The summed E-state index contributed by atoms with van der Waals surface area (Å²) in [6.07, 6.45) is -16.5. The Morgan fingerprint density at radius 3 is 2.04 bits per heavy atom. The fourth-order valence-electron chi connectivity index (χ4n) is 2.49. The maximum Gasteiger partial charge on any atom is 0.335 e. The van der Waals surface area contributed by atoms with E-state index in [0.717, 1.165) is 0 Å². The summed E-state index contributed by atoms with van der Waals surface area (Å²) in [5, 5.41) is 67.3. The van der Waals surface area contributed by atoms with Crippen LogP contribution in [-0.2, 0) is 19.0 Å². The molecular weight excluding hydrogens is 320 g/mol. The summed E-state index contributed by atoms with van der Waals surface area (Å²) in [5.41, 5.74) is 0. The molecule has 0 aromatic heterocycles. The zero-order valence-corrected chi connectivity index (χ0v) is 12.0. The van der Waals surface area contributed by atoms with Crippen LogP contribution in [0.25, 0.3) is 0 Å². The van der Waals surface area contributed by atoms with Crippen LogP contribution >= 0.6 is 0 Å². The van der Waals surface area contributed by atoms with Crippen molar-refractivity contribution in [1.29, 1.82) is 0 Å². The Kier molecular flexibility index (Phi) is 5.56. The lowest BCUT2D eigenvalue weighted by atomic mass is 9.97. The van der Waals surface area contributed by atoms with Gasteiger partial charge in [-0.05, 0) is 6.92 Å². The molecule has 0 aliphatic carbocycles. The van der Waals surface area contributed by atoms with Crippen molar-refractivity contribution in [2.24, 2.45) is 0 Å². The number of aliphatic hydroxyl groups is 6. The molecule has 0 spiro atoms. The maximum absolute atomic E-state index is 11.0. The fourth-order valence-corrected chi connectivity index (χ4v) is 2.49. The van der Waals surface area contributed by atoms with E-state index in [1.54, 1.807) is 0 Å². The lowest BCUT2D eigenvalue weighted by Gasteiger charge is -2.44. The topological polar surface area (TPSA) is 186 Å². The van der Waals surface area contributed by atoms with Gasteiger partial charge in [0.1, 0.15) is 36.6 Å². The number of ether oxygens (including phenoxy) is 3. The van der Waals surface area contributed by atoms with Gasteiger partial charge in [0.15, 0.2) is 18.7 Å². The number of carbonyl (C=O) groups is 1. The molecule has 0 bridgehead atoms. The molecule has 0 saturated carbocycles. The summed E-state index contributed by atoms with van der Waals surface area (Å²) in [6.45, 7) is 1.40. The molecular formula is C12H20O11. The average Bonchev–Trinajstić information content (AvgIpc) is 2.48. The van der Waals surface area contributed by atoms with Crippen LogP contribution in [0.15, 0.2) is 0 Å². The molecule has 0 amide bonds. The number of rotatable bonds is 3. The lowest BCUT2D eigenvalue weighted by Crippen LogP contribution is -2.64. The molecule has 0 radical (unpaired) electrons. The highest BCUT2D eigenvalue weighted by Crippen LogP contribution is 2.28. The van der Waals surface area contributed by atoms with E-state index in [1.165, 1.54) is 6.92 Å². The Morgan fingerprint density at radius 1 is 0.870 bits per heavy atom. The Labute approximate surface area is 130 Å². The Morgan fingerprint density at radius 2 is 1.48 bits per heavy atom. The average molecular weight is 340 g/mol. The first-order valence-corrected chi connectivity index (χ1v) is 6.92. The van der Waals surface area contributed by atoms with Crippen molar-refractivity contribution >= 4 is 5.97 Å². The van der Waals surface area contributed by atoms with Crippen LogP contribution in [0.3, 0.4) is 0 Å². The van der Waals surface area contributed by atoms with E-state index in [1.807, 2.05) is 0 Å². The van der Waals surface area contributed by atoms with E-state index >= 15 is 0 Å². The summed E-state index contributed by atoms with van der Waals surface area (Å²) < 4.78 is 14.9. The summed E-state index contributed by atoms with van der Waals surface area (Å²) >= 11 is 0. The Hall–Kier alpha value is -0.890. The van der Waals surface area contributed by atoms with Crippen molar-refractivity contribution in [3.8, 4) is 0 Å². The molecule has 1 unspecified atom stereocenters. The zero-order valence-electron chi connectivity index (χ0n) is 12.0. The van der Waals surface area contributed by atoms with E-state index in [2.05, 4.69) is 0 Å². The molecule has 0 aromatic rings. The van der Waals surface area contributed by atoms with E-state index < -0.39 is 67.4 Å². The van der Waals surface area contributed by atoms with Gasteiger partial charge >= 0.3 is 5.97 Å². The van der Waals surface area contributed by atoms with Gasteiger partial charge in [-0.2, -0.15) is 0 Å². The number of carboxylic acids is 1. The van der Waals surface area contributed by atoms with Crippen LogP contribution in [0.4, 0.5) is 0 Å². The van der Waals surface area contributed by atoms with E-state index in [0.29, 0.717) is 0 Å². The highest BCUT2D eigenvalue weighted by Gasteiger charge is 2.51. The Bertz CT molecular complexity index is 431. The molecule has 2 saturated heterocycles. The molecule has 2 fully saturated rings. The smallest absolute Gasteiger partial charge is 0.335 e. The number of carboxylic acid groups (broad SMARTS) is 1. The number of hydrogen-bond acceptors (Lipinski definition) is 10. The molecule has 10 atom stereocenters. The third-order valence-corrected chi connectivity index (χ3v) is 3.91. The summed E-state index contributed by atoms with van der Waals surface area (Å²) in [7, 11) is 0. The van der Waals surface area contributed by atoms with Gasteiger partial charge < -0.3 is 50.0 Å². The van der Waals surface area contributed by atoms with Gasteiger partial charge in [0, 0.05) is 0 Å². The van der Waals surface area contributed by atoms with Crippen LogP contribution < -0.4 is 0 Å².